The quantitative estimate of drug-likeness (QED) is 0.811. The molecule has 1 N–H and O–H groups in total. The van der Waals surface area contributed by atoms with Crippen LogP contribution in [0.5, 0.6) is 5.75 Å². The molecule has 0 aromatic heterocycles. The van der Waals surface area contributed by atoms with Gasteiger partial charge in [-0.25, -0.2) is 0 Å². The third-order valence-corrected chi connectivity index (χ3v) is 3.63. The third kappa shape index (κ3) is 3.09. The molecule has 0 bridgehead atoms. The van der Waals surface area contributed by atoms with Gasteiger partial charge in [0.05, 0.1) is 12.5 Å². The van der Waals surface area contributed by atoms with Gasteiger partial charge in [-0.2, -0.15) is 0 Å². The molecule has 19 heavy (non-hydrogen) atoms. The molecule has 0 unspecified atom stereocenters. The van der Waals surface area contributed by atoms with Gasteiger partial charge in [0.1, 0.15) is 5.75 Å². The van der Waals surface area contributed by atoms with Gasteiger partial charge in [0, 0.05) is 5.56 Å². The average molecular weight is 264 g/mol. The molecule has 0 atom stereocenters. The maximum absolute atomic E-state index is 11.9. The van der Waals surface area contributed by atoms with Gasteiger partial charge in [-0.3, -0.25) is 4.79 Å². The number of aryl methyl sites for hydroxylation is 1. The number of aliphatic carboxylic acids is 1. The largest absolute Gasteiger partial charge is 0.496 e. The van der Waals surface area contributed by atoms with Crippen molar-refractivity contribution in [3.8, 4) is 5.75 Å². The average Bonchev–Trinajstić information content (AvgIpc) is 2.38. The first-order valence-electron chi connectivity index (χ1n) is 6.90. The van der Waals surface area contributed by atoms with E-state index in [1.54, 1.807) is 7.11 Å². The van der Waals surface area contributed by atoms with E-state index in [0.717, 1.165) is 24.0 Å². The normalized spacial score (nSPS) is 11.4. The molecule has 0 aliphatic carbocycles. The number of rotatable bonds is 7. The van der Waals surface area contributed by atoms with Gasteiger partial charge < -0.3 is 9.84 Å². The fourth-order valence-corrected chi connectivity index (χ4v) is 2.77. The molecular weight excluding hydrogens is 240 g/mol. The van der Waals surface area contributed by atoms with Crippen LogP contribution in [0.1, 0.15) is 50.7 Å². The molecule has 106 valence electrons. The van der Waals surface area contributed by atoms with Gasteiger partial charge in [-0.15, -0.1) is 0 Å². The van der Waals surface area contributed by atoms with Crippen LogP contribution < -0.4 is 4.74 Å². The Kier molecular flexibility index (Phi) is 5.40. The highest BCUT2D eigenvalue weighted by Crippen LogP contribution is 2.40. The topological polar surface area (TPSA) is 46.5 Å². The fourth-order valence-electron chi connectivity index (χ4n) is 2.77. The van der Waals surface area contributed by atoms with Crippen LogP contribution in [0.25, 0.3) is 0 Å². The molecule has 0 fully saturated rings. The number of carboxylic acids is 1. The van der Waals surface area contributed by atoms with Crippen molar-refractivity contribution >= 4 is 5.97 Å². The van der Waals surface area contributed by atoms with Gasteiger partial charge in [0.25, 0.3) is 0 Å². The molecule has 0 saturated carbocycles. The summed E-state index contributed by atoms with van der Waals surface area (Å²) in [6, 6.07) is 5.78. The van der Waals surface area contributed by atoms with Crippen molar-refractivity contribution in [3.05, 3.63) is 29.3 Å². The summed E-state index contributed by atoms with van der Waals surface area (Å²) in [7, 11) is 1.60. The van der Waals surface area contributed by atoms with Gasteiger partial charge in [0.15, 0.2) is 0 Å². The Morgan fingerprint density at radius 2 is 1.84 bits per heavy atom. The van der Waals surface area contributed by atoms with Crippen molar-refractivity contribution in [3.63, 3.8) is 0 Å². The zero-order chi connectivity index (χ0) is 14.5. The molecule has 1 aromatic rings. The lowest BCUT2D eigenvalue weighted by atomic mass is 9.72. The number of benzene rings is 1. The molecule has 0 aliphatic rings. The second-order valence-electron chi connectivity index (χ2n) is 5.09. The van der Waals surface area contributed by atoms with E-state index >= 15 is 0 Å². The summed E-state index contributed by atoms with van der Waals surface area (Å²) in [5.74, 6) is -0.0741. The van der Waals surface area contributed by atoms with Crippen LogP contribution in [0.15, 0.2) is 18.2 Å². The van der Waals surface area contributed by atoms with E-state index in [2.05, 4.69) is 0 Å². The smallest absolute Gasteiger partial charge is 0.314 e. The number of ether oxygens (including phenoxy) is 1. The minimum atomic E-state index is -0.832. The van der Waals surface area contributed by atoms with Gasteiger partial charge >= 0.3 is 5.97 Å². The minimum absolute atomic E-state index is 0.635. The first-order valence-corrected chi connectivity index (χ1v) is 6.90. The van der Waals surface area contributed by atoms with Crippen molar-refractivity contribution in [2.45, 2.75) is 51.9 Å². The number of hydrogen-bond acceptors (Lipinski definition) is 2. The molecule has 0 radical (unpaired) electrons. The second-order valence-corrected chi connectivity index (χ2v) is 5.09. The summed E-state index contributed by atoms with van der Waals surface area (Å²) in [4.78, 5) is 11.9. The molecule has 0 aliphatic heterocycles. The van der Waals surface area contributed by atoms with Crippen LogP contribution in [-0.4, -0.2) is 18.2 Å². The van der Waals surface area contributed by atoms with Crippen molar-refractivity contribution in [2.24, 2.45) is 0 Å². The van der Waals surface area contributed by atoms with Crippen molar-refractivity contribution in [1.82, 2.24) is 0 Å². The Balaban J connectivity index is 3.45. The van der Waals surface area contributed by atoms with E-state index in [-0.39, 0.29) is 0 Å². The summed E-state index contributed by atoms with van der Waals surface area (Å²) in [6.07, 6.45) is 2.94. The van der Waals surface area contributed by atoms with Gasteiger partial charge in [-0.1, -0.05) is 44.4 Å². The Morgan fingerprint density at radius 3 is 2.26 bits per heavy atom. The first kappa shape index (κ1) is 15.5. The first-order chi connectivity index (χ1) is 9.01. The summed E-state index contributed by atoms with van der Waals surface area (Å²) in [5.41, 5.74) is 1.04. The van der Waals surface area contributed by atoms with Crippen molar-refractivity contribution < 1.29 is 14.6 Å². The van der Waals surface area contributed by atoms with E-state index in [9.17, 15) is 9.90 Å². The number of hydrogen-bond donors (Lipinski definition) is 1. The number of carboxylic acid groups (broad SMARTS) is 1. The molecule has 0 spiro atoms. The molecular formula is C16H24O3. The SMILES string of the molecule is CCCC(CCC)(C(=O)O)c1cc(C)ccc1OC. The molecule has 1 aromatic carbocycles. The van der Waals surface area contributed by atoms with Crippen molar-refractivity contribution in [2.75, 3.05) is 7.11 Å². The van der Waals surface area contributed by atoms with Crippen LogP contribution in [0.3, 0.4) is 0 Å². The molecule has 3 heteroatoms. The standard InChI is InChI=1S/C16H24O3/c1-5-9-16(10-6-2,15(17)18)13-11-12(3)7-8-14(13)19-4/h7-8,11H,5-6,9-10H2,1-4H3,(H,17,18). The lowest BCUT2D eigenvalue weighted by molar-refractivity contribution is -0.144. The number of carbonyl (C=O) groups is 1. The zero-order valence-electron chi connectivity index (χ0n) is 12.3. The maximum Gasteiger partial charge on any atom is 0.314 e. The van der Waals surface area contributed by atoms with Crippen LogP contribution in [-0.2, 0) is 10.2 Å². The Morgan fingerprint density at radius 1 is 1.26 bits per heavy atom. The number of methoxy groups -OCH3 is 1. The molecule has 0 saturated heterocycles. The predicted molar refractivity (Wildman–Crippen MR) is 76.9 cm³/mol. The maximum atomic E-state index is 11.9. The Bertz CT molecular complexity index is 432. The van der Waals surface area contributed by atoms with Gasteiger partial charge in [0.2, 0.25) is 0 Å². The van der Waals surface area contributed by atoms with E-state index in [1.807, 2.05) is 39.0 Å². The second kappa shape index (κ2) is 6.60. The summed E-state index contributed by atoms with van der Waals surface area (Å²) in [5, 5.41) is 9.79. The predicted octanol–water partition coefficient (Wildman–Crippen LogP) is 3.93. The lowest BCUT2D eigenvalue weighted by Gasteiger charge is -2.31. The summed E-state index contributed by atoms with van der Waals surface area (Å²) >= 11 is 0. The third-order valence-electron chi connectivity index (χ3n) is 3.63. The fraction of sp³-hybridized carbons (Fsp3) is 0.562. The van der Waals surface area contributed by atoms with E-state index in [1.165, 1.54) is 0 Å². The highest BCUT2D eigenvalue weighted by Gasteiger charge is 2.40. The van der Waals surface area contributed by atoms with Crippen LogP contribution in [0, 0.1) is 6.92 Å². The Hall–Kier alpha value is -1.51. The molecule has 1 rings (SSSR count). The van der Waals surface area contributed by atoms with E-state index < -0.39 is 11.4 Å². The molecule has 0 heterocycles. The minimum Gasteiger partial charge on any atom is -0.496 e. The monoisotopic (exact) mass is 264 g/mol. The highest BCUT2D eigenvalue weighted by atomic mass is 16.5. The summed E-state index contributed by atoms with van der Waals surface area (Å²) < 4.78 is 5.39. The van der Waals surface area contributed by atoms with E-state index in [0.29, 0.717) is 18.6 Å². The highest BCUT2D eigenvalue weighted by molar-refractivity contribution is 5.82. The van der Waals surface area contributed by atoms with Crippen LogP contribution in [0.2, 0.25) is 0 Å². The molecule has 3 nitrogen and oxygen atoms in total. The zero-order valence-corrected chi connectivity index (χ0v) is 12.3. The lowest BCUT2D eigenvalue weighted by Crippen LogP contribution is -2.36. The summed E-state index contributed by atoms with van der Waals surface area (Å²) in [6.45, 7) is 6.03. The van der Waals surface area contributed by atoms with E-state index in [4.69, 9.17) is 4.74 Å². The van der Waals surface area contributed by atoms with Crippen LogP contribution in [0.4, 0.5) is 0 Å². The van der Waals surface area contributed by atoms with Crippen LogP contribution >= 0.6 is 0 Å². The molecule has 0 amide bonds. The van der Waals surface area contributed by atoms with Crippen molar-refractivity contribution in [1.29, 1.82) is 0 Å². The van der Waals surface area contributed by atoms with Gasteiger partial charge in [-0.05, 0) is 25.8 Å². The Labute approximate surface area is 115 Å².